The van der Waals surface area contributed by atoms with Gasteiger partial charge in [0.2, 0.25) is 0 Å². The van der Waals surface area contributed by atoms with E-state index in [0.29, 0.717) is 6.04 Å². The van der Waals surface area contributed by atoms with Gasteiger partial charge >= 0.3 is 0 Å². The Morgan fingerprint density at radius 2 is 2.12 bits per heavy atom. The normalized spacial score (nSPS) is 12.6. The molecule has 2 heterocycles. The predicted molar refractivity (Wildman–Crippen MR) is 71.0 cm³/mol. The number of rotatable bonds is 5. The van der Waals surface area contributed by atoms with Gasteiger partial charge < -0.3 is 5.32 Å². The minimum Gasteiger partial charge on any atom is -0.305 e. The van der Waals surface area contributed by atoms with E-state index in [1.165, 1.54) is 10.6 Å². The van der Waals surface area contributed by atoms with Crippen molar-refractivity contribution in [3.8, 4) is 0 Å². The Morgan fingerprint density at radius 3 is 2.76 bits per heavy atom. The van der Waals surface area contributed by atoms with E-state index < -0.39 is 0 Å². The first-order valence-electron chi connectivity index (χ1n) is 5.86. The van der Waals surface area contributed by atoms with Gasteiger partial charge in [0.1, 0.15) is 0 Å². The Labute approximate surface area is 106 Å². The molecule has 0 amide bonds. The third-order valence-corrected chi connectivity index (χ3v) is 3.74. The first-order valence-corrected chi connectivity index (χ1v) is 6.74. The average Bonchev–Trinajstić information content (AvgIpc) is 2.85. The molecule has 0 aliphatic carbocycles. The zero-order valence-corrected chi connectivity index (χ0v) is 11.0. The van der Waals surface area contributed by atoms with Gasteiger partial charge in [0.15, 0.2) is 0 Å². The van der Waals surface area contributed by atoms with Crippen molar-refractivity contribution in [2.75, 3.05) is 0 Å². The van der Waals surface area contributed by atoms with Gasteiger partial charge in [-0.3, -0.25) is 4.98 Å². The Balaban J connectivity index is 1.90. The fourth-order valence-electron chi connectivity index (χ4n) is 1.62. The monoisotopic (exact) mass is 247 g/mol. The van der Waals surface area contributed by atoms with E-state index in [0.717, 1.165) is 18.7 Å². The summed E-state index contributed by atoms with van der Waals surface area (Å²) >= 11 is 1.74. The fourth-order valence-corrected chi connectivity index (χ4v) is 2.36. The van der Waals surface area contributed by atoms with Crippen LogP contribution in [0.25, 0.3) is 0 Å². The molecule has 2 aromatic rings. The molecule has 90 valence electrons. The Kier molecular flexibility index (Phi) is 4.23. The fraction of sp³-hybridized carbons (Fsp3) is 0.385. The summed E-state index contributed by atoms with van der Waals surface area (Å²) < 4.78 is 0. The molecule has 3 nitrogen and oxygen atoms in total. The van der Waals surface area contributed by atoms with Gasteiger partial charge in [-0.2, -0.15) is 0 Å². The van der Waals surface area contributed by atoms with Gasteiger partial charge in [-0.1, -0.05) is 6.92 Å². The van der Waals surface area contributed by atoms with Gasteiger partial charge in [0.05, 0.1) is 10.7 Å². The van der Waals surface area contributed by atoms with Gasteiger partial charge in [-0.15, -0.1) is 11.3 Å². The number of pyridine rings is 1. The van der Waals surface area contributed by atoms with E-state index >= 15 is 0 Å². The second kappa shape index (κ2) is 5.89. The lowest BCUT2D eigenvalue weighted by Crippen LogP contribution is -2.18. The zero-order valence-electron chi connectivity index (χ0n) is 10.2. The van der Waals surface area contributed by atoms with Crippen LogP contribution in [-0.2, 0) is 13.0 Å². The van der Waals surface area contributed by atoms with Crippen LogP contribution in [0.15, 0.2) is 29.9 Å². The van der Waals surface area contributed by atoms with Crippen molar-refractivity contribution in [3.63, 3.8) is 0 Å². The molecule has 0 saturated heterocycles. The Hall–Kier alpha value is -1.26. The topological polar surface area (TPSA) is 37.8 Å². The van der Waals surface area contributed by atoms with E-state index in [1.807, 2.05) is 24.5 Å². The van der Waals surface area contributed by atoms with Crippen LogP contribution in [0.2, 0.25) is 0 Å². The minimum absolute atomic E-state index is 0.324. The molecule has 2 aromatic heterocycles. The molecule has 0 aliphatic rings. The highest BCUT2D eigenvalue weighted by Crippen LogP contribution is 2.13. The largest absolute Gasteiger partial charge is 0.305 e. The SMILES string of the molecule is CCc1nc(CNC(C)c2ccncc2)cs1. The van der Waals surface area contributed by atoms with E-state index in [4.69, 9.17) is 0 Å². The van der Waals surface area contributed by atoms with Crippen molar-refractivity contribution in [1.29, 1.82) is 0 Å². The lowest BCUT2D eigenvalue weighted by atomic mass is 10.1. The van der Waals surface area contributed by atoms with Crippen LogP contribution < -0.4 is 5.32 Å². The molecule has 2 rings (SSSR count). The van der Waals surface area contributed by atoms with E-state index in [-0.39, 0.29) is 0 Å². The van der Waals surface area contributed by atoms with Crippen molar-refractivity contribution in [2.45, 2.75) is 32.9 Å². The third kappa shape index (κ3) is 3.35. The van der Waals surface area contributed by atoms with Crippen molar-refractivity contribution in [3.05, 3.63) is 46.2 Å². The first-order chi connectivity index (χ1) is 8.29. The summed E-state index contributed by atoms with van der Waals surface area (Å²) in [6, 6.07) is 4.40. The summed E-state index contributed by atoms with van der Waals surface area (Å²) in [4.78, 5) is 8.56. The van der Waals surface area contributed by atoms with Crippen molar-refractivity contribution in [2.24, 2.45) is 0 Å². The highest BCUT2D eigenvalue weighted by molar-refractivity contribution is 7.09. The van der Waals surface area contributed by atoms with E-state index in [1.54, 1.807) is 11.3 Å². The maximum absolute atomic E-state index is 4.54. The van der Waals surface area contributed by atoms with Gasteiger partial charge in [0, 0.05) is 30.4 Å². The lowest BCUT2D eigenvalue weighted by molar-refractivity contribution is 0.568. The molecule has 1 unspecified atom stereocenters. The Morgan fingerprint density at radius 1 is 1.35 bits per heavy atom. The van der Waals surface area contributed by atoms with Crippen LogP contribution in [0.5, 0.6) is 0 Å². The van der Waals surface area contributed by atoms with Crippen LogP contribution in [0.1, 0.15) is 36.2 Å². The second-order valence-electron chi connectivity index (χ2n) is 3.97. The number of hydrogen-bond donors (Lipinski definition) is 1. The van der Waals surface area contributed by atoms with Crippen molar-refractivity contribution in [1.82, 2.24) is 15.3 Å². The highest BCUT2D eigenvalue weighted by Gasteiger charge is 2.05. The van der Waals surface area contributed by atoms with Crippen LogP contribution in [-0.4, -0.2) is 9.97 Å². The molecule has 0 fully saturated rings. The van der Waals surface area contributed by atoms with Crippen LogP contribution >= 0.6 is 11.3 Å². The molecule has 1 atom stereocenters. The maximum atomic E-state index is 4.54. The highest BCUT2D eigenvalue weighted by atomic mass is 32.1. The summed E-state index contributed by atoms with van der Waals surface area (Å²) in [7, 11) is 0. The maximum Gasteiger partial charge on any atom is 0.0926 e. The molecular weight excluding hydrogens is 230 g/mol. The van der Waals surface area contributed by atoms with Gasteiger partial charge in [-0.25, -0.2) is 4.98 Å². The van der Waals surface area contributed by atoms with Crippen LogP contribution in [0, 0.1) is 0 Å². The molecule has 0 spiro atoms. The quantitative estimate of drug-likeness (QED) is 0.882. The standard InChI is InChI=1S/C13H17N3S/c1-3-13-16-12(9-17-13)8-15-10(2)11-4-6-14-7-5-11/h4-7,9-10,15H,3,8H2,1-2H3. The minimum atomic E-state index is 0.324. The molecule has 0 saturated carbocycles. The van der Waals surface area contributed by atoms with Gasteiger partial charge in [-0.05, 0) is 31.0 Å². The number of hydrogen-bond acceptors (Lipinski definition) is 4. The molecular formula is C13H17N3S. The number of aromatic nitrogens is 2. The van der Waals surface area contributed by atoms with Crippen LogP contribution in [0.3, 0.4) is 0 Å². The van der Waals surface area contributed by atoms with Crippen molar-refractivity contribution >= 4 is 11.3 Å². The summed E-state index contributed by atoms with van der Waals surface area (Å²) in [6.45, 7) is 5.11. The molecule has 0 bridgehead atoms. The Bertz CT molecular complexity index is 453. The zero-order chi connectivity index (χ0) is 12.1. The van der Waals surface area contributed by atoms with E-state index in [9.17, 15) is 0 Å². The molecule has 1 N–H and O–H groups in total. The first kappa shape index (κ1) is 12.2. The van der Waals surface area contributed by atoms with E-state index in [2.05, 4.69) is 34.5 Å². The molecule has 0 aliphatic heterocycles. The molecule has 0 aromatic carbocycles. The molecule has 4 heteroatoms. The number of nitrogens with zero attached hydrogens (tertiary/aromatic N) is 2. The summed E-state index contributed by atoms with van der Waals surface area (Å²) in [5.74, 6) is 0. The molecule has 17 heavy (non-hydrogen) atoms. The number of aryl methyl sites for hydroxylation is 1. The summed E-state index contributed by atoms with van der Waals surface area (Å²) in [5, 5.41) is 6.81. The predicted octanol–water partition coefficient (Wildman–Crippen LogP) is 2.95. The summed E-state index contributed by atoms with van der Waals surface area (Å²) in [5.41, 5.74) is 2.39. The third-order valence-electron chi connectivity index (χ3n) is 2.70. The second-order valence-corrected chi connectivity index (χ2v) is 4.91. The smallest absolute Gasteiger partial charge is 0.0926 e. The molecule has 0 radical (unpaired) electrons. The number of thiazole rings is 1. The average molecular weight is 247 g/mol. The lowest BCUT2D eigenvalue weighted by Gasteiger charge is -2.12. The number of nitrogens with one attached hydrogen (secondary N) is 1. The van der Waals surface area contributed by atoms with Gasteiger partial charge in [0.25, 0.3) is 0 Å². The van der Waals surface area contributed by atoms with Crippen molar-refractivity contribution < 1.29 is 0 Å². The van der Waals surface area contributed by atoms with Crippen LogP contribution in [0.4, 0.5) is 0 Å². The summed E-state index contributed by atoms with van der Waals surface area (Å²) in [6.07, 6.45) is 4.67.